The molecule has 0 atom stereocenters. The van der Waals surface area contributed by atoms with Crippen molar-refractivity contribution in [3.05, 3.63) is 29.8 Å². The van der Waals surface area contributed by atoms with E-state index in [2.05, 4.69) is 4.90 Å². The SMILES string of the molecule is Fc1ccc(N(CC2CC2)CC2CC2)c(F)c1. The van der Waals surface area contributed by atoms with E-state index in [0.717, 1.165) is 31.0 Å². The molecular weight excluding hydrogens is 220 g/mol. The third-order valence-electron chi connectivity index (χ3n) is 3.60. The van der Waals surface area contributed by atoms with Crippen LogP contribution >= 0.6 is 0 Å². The lowest BCUT2D eigenvalue weighted by Crippen LogP contribution is -2.28. The van der Waals surface area contributed by atoms with Crippen LogP contribution in [0.1, 0.15) is 25.7 Å². The van der Waals surface area contributed by atoms with Crippen LogP contribution in [0.4, 0.5) is 14.5 Å². The fourth-order valence-electron chi connectivity index (χ4n) is 2.23. The van der Waals surface area contributed by atoms with Crippen LogP contribution in [0.2, 0.25) is 0 Å². The maximum Gasteiger partial charge on any atom is 0.149 e. The van der Waals surface area contributed by atoms with Crippen molar-refractivity contribution in [1.82, 2.24) is 0 Å². The molecule has 1 nitrogen and oxygen atoms in total. The summed E-state index contributed by atoms with van der Waals surface area (Å²) in [5.74, 6) is 0.520. The molecule has 0 bridgehead atoms. The third-order valence-corrected chi connectivity index (χ3v) is 3.60. The first-order valence-electron chi connectivity index (χ1n) is 6.42. The van der Waals surface area contributed by atoms with Gasteiger partial charge in [-0.15, -0.1) is 0 Å². The molecule has 2 saturated carbocycles. The lowest BCUT2D eigenvalue weighted by molar-refractivity contribution is 0.572. The fourth-order valence-corrected chi connectivity index (χ4v) is 2.23. The molecule has 17 heavy (non-hydrogen) atoms. The van der Waals surface area contributed by atoms with Crippen molar-refractivity contribution >= 4 is 5.69 Å². The van der Waals surface area contributed by atoms with Crippen LogP contribution in [0, 0.1) is 23.5 Å². The van der Waals surface area contributed by atoms with Gasteiger partial charge in [-0.05, 0) is 49.7 Å². The van der Waals surface area contributed by atoms with Crippen LogP contribution < -0.4 is 4.90 Å². The first-order valence-corrected chi connectivity index (χ1v) is 6.42. The normalized spacial score (nSPS) is 19.4. The topological polar surface area (TPSA) is 3.24 Å². The van der Waals surface area contributed by atoms with E-state index in [1.807, 2.05) is 0 Å². The minimum absolute atomic E-state index is 0.425. The zero-order valence-corrected chi connectivity index (χ0v) is 9.83. The molecular formula is C14H17F2N. The van der Waals surface area contributed by atoms with Gasteiger partial charge in [0, 0.05) is 19.2 Å². The molecule has 0 unspecified atom stereocenters. The summed E-state index contributed by atoms with van der Waals surface area (Å²) in [5.41, 5.74) is 0.574. The minimum atomic E-state index is -0.496. The summed E-state index contributed by atoms with van der Waals surface area (Å²) >= 11 is 0. The maximum absolute atomic E-state index is 13.8. The van der Waals surface area contributed by atoms with Gasteiger partial charge in [-0.25, -0.2) is 8.78 Å². The van der Waals surface area contributed by atoms with Gasteiger partial charge >= 0.3 is 0 Å². The Hall–Kier alpha value is -1.12. The van der Waals surface area contributed by atoms with Gasteiger partial charge in [0.05, 0.1) is 5.69 Å². The highest BCUT2D eigenvalue weighted by Crippen LogP contribution is 2.36. The molecule has 0 aliphatic heterocycles. The predicted octanol–water partition coefficient (Wildman–Crippen LogP) is 3.59. The first kappa shape index (κ1) is 11.0. The van der Waals surface area contributed by atoms with Gasteiger partial charge in [-0.2, -0.15) is 0 Å². The molecule has 92 valence electrons. The van der Waals surface area contributed by atoms with Gasteiger partial charge in [0.1, 0.15) is 11.6 Å². The van der Waals surface area contributed by atoms with Crippen molar-refractivity contribution in [1.29, 1.82) is 0 Å². The van der Waals surface area contributed by atoms with E-state index >= 15 is 0 Å². The monoisotopic (exact) mass is 237 g/mol. The molecule has 2 fully saturated rings. The molecule has 0 heterocycles. The Morgan fingerprint density at radius 2 is 1.59 bits per heavy atom. The molecule has 0 radical (unpaired) electrons. The molecule has 3 heteroatoms. The minimum Gasteiger partial charge on any atom is -0.369 e. The molecule has 1 aromatic carbocycles. The molecule has 0 saturated heterocycles. The summed E-state index contributed by atoms with van der Waals surface area (Å²) in [6.45, 7) is 1.86. The smallest absolute Gasteiger partial charge is 0.149 e. The average Bonchev–Trinajstić information content (AvgIpc) is 3.11. The molecule has 2 aliphatic carbocycles. The zero-order valence-electron chi connectivity index (χ0n) is 9.83. The quantitative estimate of drug-likeness (QED) is 0.756. The Morgan fingerprint density at radius 1 is 1.00 bits per heavy atom. The standard InChI is InChI=1S/C14H17F2N/c15-12-5-6-14(13(16)7-12)17(8-10-1-2-10)9-11-3-4-11/h5-7,10-11H,1-4,8-9H2. The third kappa shape index (κ3) is 2.76. The molecule has 0 aromatic heterocycles. The number of hydrogen-bond acceptors (Lipinski definition) is 1. The molecule has 2 aliphatic rings. The van der Waals surface area contributed by atoms with Crippen molar-refractivity contribution in [2.45, 2.75) is 25.7 Å². The Balaban J connectivity index is 1.78. The summed E-state index contributed by atoms with van der Waals surface area (Å²) in [7, 11) is 0. The van der Waals surface area contributed by atoms with Crippen LogP contribution in [0.15, 0.2) is 18.2 Å². The average molecular weight is 237 g/mol. The van der Waals surface area contributed by atoms with E-state index in [-0.39, 0.29) is 0 Å². The number of benzene rings is 1. The molecule has 3 rings (SSSR count). The van der Waals surface area contributed by atoms with Crippen LogP contribution in [0.3, 0.4) is 0 Å². The van der Waals surface area contributed by atoms with Crippen LogP contribution in [0.25, 0.3) is 0 Å². The van der Waals surface area contributed by atoms with Crippen molar-refractivity contribution in [3.63, 3.8) is 0 Å². The fraction of sp³-hybridized carbons (Fsp3) is 0.571. The Bertz CT molecular complexity index is 397. The Labute approximate surface area is 100 Å². The van der Waals surface area contributed by atoms with Gasteiger partial charge in [-0.3, -0.25) is 0 Å². The van der Waals surface area contributed by atoms with E-state index in [1.165, 1.54) is 31.7 Å². The molecule has 0 spiro atoms. The summed E-state index contributed by atoms with van der Waals surface area (Å²) in [5, 5.41) is 0. The van der Waals surface area contributed by atoms with Crippen molar-refractivity contribution in [2.24, 2.45) is 11.8 Å². The lowest BCUT2D eigenvalue weighted by atomic mass is 10.2. The summed E-state index contributed by atoms with van der Waals surface area (Å²) in [6.07, 6.45) is 5.02. The summed E-state index contributed by atoms with van der Waals surface area (Å²) in [4.78, 5) is 2.12. The highest BCUT2D eigenvalue weighted by molar-refractivity contribution is 5.48. The molecule has 0 N–H and O–H groups in total. The van der Waals surface area contributed by atoms with Gasteiger partial charge < -0.3 is 4.90 Å². The highest BCUT2D eigenvalue weighted by Gasteiger charge is 2.30. The van der Waals surface area contributed by atoms with Crippen molar-refractivity contribution in [2.75, 3.05) is 18.0 Å². The van der Waals surface area contributed by atoms with E-state index in [4.69, 9.17) is 0 Å². The Morgan fingerprint density at radius 3 is 2.06 bits per heavy atom. The first-order chi connectivity index (χ1) is 8.22. The zero-order chi connectivity index (χ0) is 11.8. The van der Waals surface area contributed by atoms with Crippen LogP contribution in [-0.4, -0.2) is 13.1 Å². The maximum atomic E-state index is 13.8. The second-order valence-corrected chi connectivity index (χ2v) is 5.39. The van der Waals surface area contributed by atoms with Gasteiger partial charge in [0.15, 0.2) is 0 Å². The summed E-state index contributed by atoms with van der Waals surface area (Å²) in [6, 6.07) is 3.92. The largest absolute Gasteiger partial charge is 0.369 e. The van der Waals surface area contributed by atoms with E-state index in [0.29, 0.717) is 5.69 Å². The second kappa shape index (κ2) is 4.28. The van der Waals surface area contributed by atoms with Gasteiger partial charge in [0.2, 0.25) is 0 Å². The number of rotatable bonds is 5. The number of hydrogen-bond donors (Lipinski definition) is 0. The Kier molecular flexibility index (Phi) is 2.77. The van der Waals surface area contributed by atoms with Crippen LogP contribution in [-0.2, 0) is 0 Å². The van der Waals surface area contributed by atoms with Crippen molar-refractivity contribution < 1.29 is 8.78 Å². The van der Waals surface area contributed by atoms with Crippen molar-refractivity contribution in [3.8, 4) is 0 Å². The number of anilines is 1. The summed E-state index contributed by atoms with van der Waals surface area (Å²) < 4.78 is 26.7. The van der Waals surface area contributed by atoms with Gasteiger partial charge in [0.25, 0.3) is 0 Å². The van der Waals surface area contributed by atoms with E-state index in [1.54, 1.807) is 6.07 Å². The number of nitrogens with zero attached hydrogens (tertiary/aromatic N) is 1. The van der Waals surface area contributed by atoms with Crippen LogP contribution in [0.5, 0.6) is 0 Å². The second-order valence-electron chi connectivity index (χ2n) is 5.39. The highest BCUT2D eigenvalue weighted by atomic mass is 19.1. The number of halogens is 2. The van der Waals surface area contributed by atoms with Gasteiger partial charge in [-0.1, -0.05) is 0 Å². The molecule has 1 aromatic rings. The predicted molar refractivity (Wildman–Crippen MR) is 64.0 cm³/mol. The lowest BCUT2D eigenvalue weighted by Gasteiger charge is -2.25. The molecule has 0 amide bonds. The van der Waals surface area contributed by atoms with E-state index < -0.39 is 11.6 Å². The van der Waals surface area contributed by atoms with E-state index in [9.17, 15) is 8.78 Å².